The second kappa shape index (κ2) is 4.28. The van der Waals surface area contributed by atoms with Crippen LogP contribution in [-0.4, -0.2) is 14.5 Å². The first-order valence-corrected chi connectivity index (χ1v) is 6.48. The molecule has 0 fully saturated rings. The largest absolute Gasteiger partial charge is 0.399 e. The van der Waals surface area contributed by atoms with E-state index in [0.29, 0.717) is 16.9 Å². The van der Waals surface area contributed by atoms with Gasteiger partial charge in [0, 0.05) is 35.1 Å². The zero-order valence-corrected chi connectivity index (χ0v) is 11.0. The molecule has 3 heterocycles. The lowest BCUT2D eigenvalue weighted by atomic mass is 10.1. The van der Waals surface area contributed by atoms with Crippen LogP contribution in [0, 0.1) is 5.82 Å². The molecule has 2 N–H and O–H groups in total. The summed E-state index contributed by atoms with van der Waals surface area (Å²) in [4.78, 5) is 8.48. The average molecular weight is 278 g/mol. The zero-order valence-electron chi connectivity index (χ0n) is 11.0. The van der Waals surface area contributed by atoms with Crippen LogP contribution in [0.3, 0.4) is 0 Å². The monoisotopic (exact) mass is 278 g/mol. The van der Waals surface area contributed by atoms with Crippen molar-refractivity contribution in [1.82, 2.24) is 14.5 Å². The summed E-state index contributed by atoms with van der Waals surface area (Å²) in [5.41, 5.74) is 7.06. The Morgan fingerprint density at radius 1 is 1.05 bits per heavy atom. The number of pyridine rings is 2. The van der Waals surface area contributed by atoms with E-state index in [9.17, 15) is 4.39 Å². The van der Waals surface area contributed by atoms with Crippen LogP contribution < -0.4 is 5.73 Å². The predicted molar refractivity (Wildman–Crippen MR) is 80.7 cm³/mol. The maximum absolute atomic E-state index is 13.8. The summed E-state index contributed by atoms with van der Waals surface area (Å²) < 4.78 is 15.8. The summed E-state index contributed by atoms with van der Waals surface area (Å²) in [6, 6.07) is 8.79. The Labute approximate surface area is 119 Å². The first-order valence-electron chi connectivity index (χ1n) is 6.48. The van der Waals surface area contributed by atoms with E-state index in [2.05, 4.69) is 9.97 Å². The van der Waals surface area contributed by atoms with Crippen molar-refractivity contribution in [2.24, 2.45) is 0 Å². The molecule has 4 rings (SSSR count). The number of anilines is 1. The number of nitrogens with zero attached hydrogens (tertiary/aromatic N) is 3. The Hall–Kier alpha value is -2.95. The molecule has 0 aliphatic rings. The van der Waals surface area contributed by atoms with E-state index in [-0.39, 0.29) is 5.82 Å². The summed E-state index contributed by atoms with van der Waals surface area (Å²) in [7, 11) is 0. The van der Waals surface area contributed by atoms with E-state index >= 15 is 0 Å². The zero-order chi connectivity index (χ0) is 14.4. The molecule has 0 spiro atoms. The minimum Gasteiger partial charge on any atom is -0.399 e. The lowest BCUT2D eigenvalue weighted by molar-refractivity contribution is 0.640. The van der Waals surface area contributed by atoms with Crippen LogP contribution in [0.2, 0.25) is 0 Å². The molecule has 0 unspecified atom stereocenters. The third kappa shape index (κ3) is 1.82. The molecule has 0 saturated carbocycles. The van der Waals surface area contributed by atoms with Gasteiger partial charge in [0.15, 0.2) is 0 Å². The molecule has 21 heavy (non-hydrogen) atoms. The normalized spacial score (nSPS) is 11.3. The van der Waals surface area contributed by atoms with Crippen molar-refractivity contribution in [3.8, 4) is 5.82 Å². The van der Waals surface area contributed by atoms with Gasteiger partial charge in [-0.05, 0) is 35.7 Å². The fraction of sp³-hybridized carbons (Fsp3) is 0. The second-order valence-corrected chi connectivity index (χ2v) is 4.89. The smallest absolute Gasteiger partial charge is 0.137 e. The lowest BCUT2D eigenvalue weighted by Crippen LogP contribution is -1.97. The van der Waals surface area contributed by atoms with Gasteiger partial charge in [0.25, 0.3) is 0 Å². The number of benzene rings is 1. The molecule has 4 aromatic rings. The van der Waals surface area contributed by atoms with Crippen LogP contribution in [0.5, 0.6) is 0 Å². The van der Waals surface area contributed by atoms with Gasteiger partial charge in [-0.2, -0.15) is 0 Å². The fourth-order valence-electron chi connectivity index (χ4n) is 2.53. The SMILES string of the molecule is Nc1cc(F)c2cnc(-n3ccc4ccncc43)cc2c1. The van der Waals surface area contributed by atoms with Gasteiger partial charge >= 0.3 is 0 Å². The molecule has 3 aromatic heterocycles. The number of aromatic nitrogens is 3. The summed E-state index contributed by atoms with van der Waals surface area (Å²) in [5, 5.41) is 2.26. The number of hydrogen-bond donors (Lipinski definition) is 1. The van der Waals surface area contributed by atoms with Crippen molar-refractivity contribution in [3.63, 3.8) is 0 Å². The summed E-state index contributed by atoms with van der Waals surface area (Å²) in [6.45, 7) is 0. The number of halogens is 1. The number of fused-ring (bicyclic) bond motifs is 2. The molecule has 4 nitrogen and oxygen atoms in total. The van der Waals surface area contributed by atoms with E-state index in [1.165, 1.54) is 12.3 Å². The van der Waals surface area contributed by atoms with Crippen molar-refractivity contribution < 1.29 is 4.39 Å². The summed E-state index contributed by atoms with van der Waals surface area (Å²) in [5.74, 6) is 0.346. The van der Waals surface area contributed by atoms with Crippen LogP contribution >= 0.6 is 0 Å². The molecule has 0 amide bonds. The van der Waals surface area contributed by atoms with Gasteiger partial charge in [0.05, 0.1) is 11.7 Å². The van der Waals surface area contributed by atoms with Gasteiger partial charge < -0.3 is 5.73 Å². The number of hydrogen-bond acceptors (Lipinski definition) is 3. The molecule has 102 valence electrons. The minimum atomic E-state index is -0.358. The van der Waals surface area contributed by atoms with Crippen molar-refractivity contribution in [2.45, 2.75) is 0 Å². The van der Waals surface area contributed by atoms with Gasteiger partial charge in [-0.1, -0.05) is 0 Å². The van der Waals surface area contributed by atoms with Crippen LogP contribution in [0.15, 0.2) is 55.1 Å². The Balaban J connectivity index is 1.98. The number of rotatable bonds is 1. The first kappa shape index (κ1) is 11.8. The van der Waals surface area contributed by atoms with Crippen LogP contribution in [0.25, 0.3) is 27.5 Å². The highest BCUT2D eigenvalue weighted by Gasteiger charge is 2.08. The van der Waals surface area contributed by atoms with Gasteiger partial charge in [-0.3, -0.25) is 9.55 Å². The topological polar surface area (TPSA) is 56.7 Å². The maximum atomic E-state index is 13.8. The Bertz CT molecular complexity index is 975. The summed E-state index contributed by atoms with van der Waals surface area (Å²) >= 11 is 0. The molecular formula is C16H11FN4. The lowest BCUT2D eigenvalue weighted by Gasteiger charge is -2.07. The number of nitrogens with two attached hydrogens (primary N) is 1. The molecule has 5 heteroatoms. The van der Waals surface area contributed by atoms with Crippen molar-refractivity contribution >= 4 is 27.4 Å². The van der Waals surface area contributed by atoms with Crippen molar-refractivity contribution in [1.29, 1.82) is 0 Å². The highest BCUT2D eigenvalue weighted by Crippen LogP contribution is 2.24. The Kier molecular flexibility index (Phi) is 2.41. The van der Waals surface area contributed by atoms with Crippen LogP contribution in [0.1, 0.15) is 0 Å². The standard InChI is InChI=1S/C16H11FN4/c17-14-7-12(18)5-11-6-16(20-8-13(11)14)21-4-2-10-1-3-19-9-15(10)21/h1-9H,18H2. The highest BCUT2D eigenvalue weighted by atomic mass is 19.1. The molecule has 1 aromatic carbocycles. The minimum absolute atomic E-state index is 0.358. The Morgan fingerprint density at radius 3 is 2.86 bits per heavy atom. The summed E-state index contributed by atoms with van der Waals surface area (Å²) in [6.07, 6.45) is 6.97. The van der Waals surface area contributed by atoms with E-state index < -0.39 is 0 Å². The third-order valence-electron chi connectivity index (χ3n) is 3.54. The third-order valence-corrected chi connectivity index (χ3v) is 3.54. The molecule has 0 aliphatic heterocycles. The van der Waals surface area contributed by atoms with E-state index in [1.807, 2.05) is 29.0 Å². The first-order chi connectivity index (χ1) is 10.2. The Morgan fingerprint density at radius 2 is 1.95 bits per heavy atom. The van der Waals surface area contributed by atoms with Crippen molar-refractivity contribution in [3.05, 3.63) is 60.9 Å². The molecule has 0 atom stereocenters. The van der Waals surface area contributed by atoms with Gasteiger partial charge in [0.2, 0.25) is 0 Å². The van der Waals surface area contributed by atoms with Gasteiger partial charge in [-0.25, -0.2) is 9.37 Å². The van der Waals surface area contributed by atoms with Crippen LogP contribution in [-0.2, 0) is 0 Å². The second-order valence-electron chi connectivity index (χ2n) is 4.89. The number of nitrogen functional groups attached to an aromatic ring is 1. The molecule has 0 radical (unpaired) electrons. The van der Waals surface area contributed by atoms with Crippen molar-refractivity contribution in [2.75, 3.05) is 5.73 Å². The van der Waals surface area contributed by atoms with E-state index in [1.54, 1.807) is 18.5 Å². The van der Waals surface area contributed by atoms with Crippen LogP contribution in [0.4, 0.5) is 10.1 Å². The predicted octanol–water partition coefficient (Wildman–Crippen LogP) is 3.30. The van der Waals surface area contributed by atoms with E-state index in [4.69, 9.17) is 5.73 Å². The molecule has 0 saturated heterocycles. The highest BCUT2D eigenvalue weighted by molar-refractivity contribution is 5.87. The van der Waals surface area contributed by atoms with Gasteiger partial charge in [-0.15, -0.1) is 0 Å². The fourth-order valence-corrected chi connectivity index (χ4v) is 2.53. The van der Waals surface area contributed by atoms with Gasteiger partial charge in [0.1, 0.15) is 11.6 Å². The molecular weight excluding hydrogens is 267 g/mol. The average Bonchev–Trinajstić information content (AvgIpc) is 2.90. The maximum Gasteiger partial charge on any atom is 0.137 e. The molecule has 0 aliphatic carbocycles. The van der Waals surface area contributed by atoms with E-state index in [0.717, 1.165) is 16.3 Å². The quantitative estimate of drug-likeness (QED) is 0.543. The molecule has 0 bridgehead atoms.